The number of rotatable bonds is 4. The van der Waals surface area contributed by atoms with Crippen LogP contribution in [0, 0.1) is 11.6 Å². The standard InChI is InChI=1S/C15H20F2N2O3S/c16-13-4-3-12(9-14(13)17)23(21,22)19-8-5-15(20,11-19)10-18-6-1-2-7-18/h3-4,9,20H,1-2,5-8,10-11H2/t15-/m1/s1. The van der Waals surface area contributed by atoms with Gasteiger partial charge in [0.1, 0.15) is 0 Å². The Morgan fingerprint density at radius 2 is 1.83 bits per heavy atom. The molecule has 0 amide bonds. The summed E-state index contributed by atoms with van der Waals surface area (Å²) >= 11 is 0. The van der Waals surface area contributed by atoms with Crippen LogP contribution in [0.3, 0.4) is 0 Å². The molecule has 0 spiro atoms. The molecule has 0 unspecified atom stereocenters. The summed E-state index contributed by atoms with van der Waals surface area (Å²) in [5.41, 5.74) is -1.09. The Bertz CT molecular complexity index is 692. The van der Waals surface area contributed by atoms with Gasteiger partial charge in [-0.05, 0) is 50.6 Å². The monoisotopic (exact) mass is 346 g/mol. The molecule has 1 atom stereocenters. The topological polar surface area (TPSA) is 60.9 Å². The molecule has 2 fully saturated rings. The fourth-order valence-electron chi connectivity index (χ4n) is 3.30. The van der Waals surface area contributed by atoms with Gasteiger partial charge in [0, 0.05) is 19.6 Å². The van der Waals surface area contributed by atoms with Gasteiger partial charge < -0.3 is 10.0 Å². The Kier molecular flexibility index (Phi) is 4.43. The summed E-state index contributed by atoms with van der Waals surface area (Å²) in [5.74, 6) is -2.28. The highest BCUT2D eigenvalue weighted by molar-refractivity contribution is 7.89. The van der Waals surface area contributed by atoms with Crippen molar-refractivity contribution in [3.63, 3.8) is 0 Å². The number of aliphatic hydroxyl groups is 1. The highest BCUT2D eigenvalue weighted by Crippen LogP contribution is 2.29. The molecule has 128 valence electrons. The molecule has 2 aliphatic rings. The summed E-state index contributed by atoms with van der Waals surface area (Å²) in [5, 5.41) is 10.6. The van der Waals surface area contributed by atoms with Crippen molar-refractivity contribution in [2.24, 2.45) is 0 Å². The first-order valence-electron chi connectivity index (χ1n) is 7.70. The number of halogens is 2. The van der Waals surface area contributed by atoms with Gasteiger partial charge in [0.2, 0.25) is 10.0 Å². The van der Waals surface area contributed by atoms with Crippen LogP contribution in [0.15, 0.2) is 23.1 Å². The predicted octanol–water partition coefficient (Wildman–Crippen LogP) is 1.19. The van der Waals surface area contributed by atoms with E-state index in [9.17, 15) is 22.3 Å². The molecule has 0 aliphatic carbocycles. The molecule has 2 aliphatic heterocycles. The van der Waals surface area contributed by atoms with E-state index in [-0.39, 0.29) is 18.0 Å². The van der Waals surface area contributed by atoms with E-state index in [0.717, 1.165) is 42.4 Å². The van der Waals surface area contributed by atoms with Crippen LogP contribution < -0.4 is 0 Å². The van der Waals surface area contributed by atoms with Gasteiger partial charge >= 0.3 is 0 Å². The van der Waals surface area contributed by atoms with Gasteiger partial charge in [0.15, 0.2) is 11.6 Å². The Balaban J connectivity index is 1.75. The molecule has 0 aromatic heterocycles. The summed E-state index contributed by atoms with van der Waals surface area (Å²) in [6.07, 6.45) is 2.52. The predicted molar refractivity (Wildman–Crippen MR) is 80.4 cm³/mol. The van der Waals surface area contributed by atoms with Crippen molar-refractivity contribution in [2.45, 2.75) is 29.8 Å². The van der Waals surface area contributed by atoms with Gasteiger partial charge in [0.25, 0.3) is 0 Å². The molecule has 1 aromatic rings. The minimum absolute atomic E-state index is 0.0230. The second-order valence-corrected chi connectivity index (χ2v) is 8.31. The quantitative estimate of drug-likeness (QED) is 0.890. The third-order valence-corrected chi connectivity index (χ3v) is 6.38. The zero-order valence-electron chi connectivity index (χ0n) is 12.7. The second kappa shape index (κ2) is 6.08. The van der Waals surface area contributed by atoms with Crippen molar-refractivity contribution in [1.82, 2.24) is 9.21 Å². The first-order chi connectivity index (χ1) is 10.8. The molecule has 3 rings (SSSR count). The molecule has 0 bridgehead atoms. The van der Waals surface area contributed by atoms with Crippen LogP contribution in [0.4, 0.5) is 8.78 Å². The maximum atomic E-state index is 13.3. The molecule has 0 radical (unpaired) electrons. The van der Waals surface area contributed by atoms with E-state index < -0.39 is 27.3 Å². The van der Waals surface area contributed by atoms with Crippen LogP contribution in [-0.4, -0.2) is 61.1 Å². The van der Waals surface area contributed by atoms with E-state index in [1.54, 1.807) is 0 Å². The van der Waals surface area contributed by atoms with E-state index in [1.807, 2.05) is 0 Å². The summed E-state index contributed by atoms with van der Waals surface area (Å²) < 4.78 is 52.5. The number of hydrogen-bond donors (Lipinski definition) is 1. The van der Waals surface area contributed by atoms with E-state index >= 15 is 0 Å². The lowest BCUT2D eigenvalue weighted by Crippen LogP contribution is -2.45. The van der Waals surface area contributed by atoms with Gasteiger partial charge in [-0.1, -0.05) is 0 Å². The first-order valence-corrected chi connectivity index (χ1v) is 9.14. The third kappa shape index (κ3) is 3.40. The van der Waals surface area contributed by atoms with Gasteiger partial charge in [-0.3, -0.25) is 0 Å². The zero-order chi connectivity index (χ0) is 16.7. The summed E-state index contributed by atoms with van der Waals surface area (Å²) in [4.78, 5) is 1.84. The molecule has 1 N–H and O–H groups in total. The molecule has 8 heteroatoms. The lowest BCUT2D eigenvalue weighted by molar-refractivity contribution is 0.0232. The first kappa shape index (κ1) is 16.8. The molecule has 0 saturated carbocycles. The van der Waals surface area contributed by atoms with E-state index in [1.165, 1.54) is 0 Å². The number of β-amino-alcohol motifs (C(OH)–C–C–N with tert-alkyl or cyclic N) is 1. The Morgan fingerprint density at radius 1 is 1.13 bits per heavy atom. The van der Waals surface area contributed by atoms with Crippen molar-refractivity contribution in [3.8, 4) is 0 Å². The van der Waals surface area contributed by atoms with Gasteiger partial charge in [-0.2, -0.15) is 4.31 Å². The third-order valence-electron chi connectivity index (χ3n) is 4.54. The van der Waals surface area contributed by atoms with Crippen LogP contribution in [0.2, 0.25) is 0 Å². The fraction of sp³-hybridized carbons (Fsp3) is 0.600. The Labute approximate surface area is 134 Å². The van der Waals surface area contributed by atoms with Gasteiger partial charge in [-0.25, -0.2) is 17.2 Å². The summed E-state index contributed by atoms with van der Waals surface area (Å²) in [7, 11) is -3.93. The van der Waals surface area contributed by atoms with Crippen molar-refractivity contribution in [3.05, 3.63) is 29.8 Å². The van der Waals surface area contributed by atoms with E-state index in [4.69, 9.17) is 0 Å². The number of hydrogen-bond acceptors (Lipinski definition) is 4. The lowest BCUT2D eigenvalue weighted by Gasteiger charge is -2.28. The molecule has 5 nitrogen and oxygen atoms in total. The van der Waals surface area contributed by atoms with Crippen molar-refractivity contribution in [2.75, 3.05) is 32.7 Å². The smallest absolute Gasteiger partial charge is 0.243 e. The summed E-state index contributed by atoms with van der Waals surface area (Å²) in [6, 6.07) is 2.53. The maximum absolute atomic E-state index is 13.3. The van der Waals surface area contributed by atoms with Crippen molar-refractivity contribution in [1.29, 1.82) is 0 Å². The highest BCUT2D eigenvalue weighted by Gasteiger charge is 2.43. The summed E-state index contributed by atoms with van der Waals surface area (Å²) in [6.45, 7) is 2.42. The fourth-order valence-corrected chi connectivity index (χ4v) is 4.83. The Morgan fingerprint density at radius 3 is 2.48 bits per heavy atom. The Hall–Kier alpha value is -1.09. The van der Waals surface area contributed by atoms with Crippen LogP contribution in [-0.2, 0) is 10.0 Å². The highest BCUT2D eigenvalue weighted by atomic mass is 32.2. The number of sulfonamides is 1. The molecule has 23 heavy (non-hydrogen) atoms. The molecule has 1 aromatic carbocycles. The molecule has 2 saturated heterocycles. The van der Waals surface area contributed by atoms with Crippen LogP contribution >= 0.6 is 0 Å². The van der Waals surface area contributed by atoms with Crippen molar-refractivity contribution < 1.29 is 22.3 Å². The van der Waals surface area contributed by atoms with Gasteiger partial charge in [0.05, 0.1) is 10.5 Å². The average molecular weight is 346 g/mol. The maximum Gasteiger partial charge on any atom is 0.243 e. The van der Waals surface area contributed by atoms with E-state index in [0.29, 0.717) is 19.0 Å². The van der Waals surface area contributed by atoms with E-state index in [2.05, 4.69) is 4.90 Å². The SMILES string of the molecule is O=S(=O)(c1ccc(F)c(F)c1)N1CC[C@@](O)(CN2CCCC2)C1. The lowest BCUT2D eigenvalue weighted by atomic mass is 10.0. The minimum atomic E-state index is -3.93. The van der Waals surface area contributed by atoms with Crippen LogP contribution in [0.5, 0.6) is 0 Å². The van der Waals surface area contributed by atoms with Crippen molar-refractivity contribution >= 4 is 10.0 Å². The molecular weight excluding hydrogens is 326 g/mol. The number of benzene rings is 1. The second-order valence-electron chi connectivity index (χ2n) is 6.37. The van der Waals surface area contributed by atoms with Crippen LogP contribution in [0.25, 0.3) is 0 Å². The average Bonchev–Trinajstić information content (AvgIpc) is 3.12. The molecule has 2 heterocycles. The van der Waals surface area contributed by atoms with Gasteiger partial charge in [-0.15, -0.1) is 0 Å². The number of nitrogens with zero attached hydrogens (tertiary/aromatic N) is 2. The normalized spacial score (nSPS) is 26.9. The molecular formula is C15H20F2N2O3S. The zero-order valence-corrected chi connectivity index (χ0v) is 13.5. The van der Waals surface area contributed by atoms with Crippen LogP contribution in [0.1, 0.15) is 19.3 Å². The minimum Gasteiger partial charge on any atom is -0.387 e. The number of likely N-dealkylation sites (tertiary alicyclic amines) is 1. The largest absolute Gasteiger partial charge is 0.387 e.